The van der Waals surface area contributed by atoms with Gasteiger partial charge in [-0.2, -0.15) is 0 Å². The number of furan rings is 3. The van der Waals surface area contributed by atoms with Gasteiger partial charge in [-0.15, -0.1) is 0 Å². The van der Waals surface area contributed by atoms with Crippen molar-refractivity contribution in [1.82, 2.24) is 4.57 Å². The molecule has 11 aromatic rings. The van der Waals surface area contributed by atoms with Crippen LogP contribution in [0.2, 0.25) is 0 Å². The molecule has 46 heavy (non-hydrogen) atoms. The molecule has 4 aromatic heterocycles. The fourth-order valence-electron chi connectivity index (χ4n) is 7.51. The SMILES string of the molecule is c1ccc2c(c1)oc1ccc(-c3ccc4oc5ccc6c7cc(-n8c9ccccc9c9ccccc98)ccc7oc6c5c4c3)cc12. The largest absolute Gasteiger partial charge is 0.456 e. The molecule has 0 unspecified atom stereocenters. The third-order valence-corrected chi connectivity index (χ3v) is 9.60. The molecule has 0 aliphatic carbocycles. The van der Waals surface area contributed by atoms with Crippen LogP contribution in [0.1, 0.15) is 0 Å². The van der Waals surface area contributed by atoms with Crippen LogP contribution in [-0.4, -0.2) is 4.57 Å². The molecular formula is C42H23NO3. The lowest BCUT2D eigenvalue weighted by Gasteiger charge is -2.07. The van der Waals surface area contributed by atoms with Gasteiger partial charge in [0.15, 0.2) is 0 Å². The monoisotopic (exact) mass is 589 g/mol. The summed E-state index contributed by atoms with van der Waals surface area (Å²) in [5, 5.41) is 8.93. The van der Waals surface area contributed by atoms with Crippen molar-refractivity contribution >= 4 is 87.6 Å². The second kappa shape index (κ2) is 8.68. The van der Waals surface area contributed by atoms with Crippen molar-refractivity contribution < 1.29 is 13.3 Å². The standard InChI is InChI=1S/C42H23NO3/c1-4-10-34-27(7-1)28-8-2-5-11-35(28)43(34)26-15-19-38-32(23-26)30-16-20-40-41(42(30)46-38)33-22-25(14-18-39(33)45-40)24-13-17-37-31(21-24)29-9-3-6-12-36(29)44-37/h1-23H. The summed E-state index contributed by atoms with van der Waals surface area (Å²) in [4.78, 5) is 0. The van der Waals surface area contributed by atoms with Gasteiger partial charge >= 0.3 is 0 Å². The van der Waals surface area contributed by atoms with Crippen LogP contribution in [0.15, 0.2) is 153 Å². The van der Waals surface area contributed by atoms with Crippen LogP contribution < -0.4 is 0 Å². The zero-order valence-electron chi connectivity index (χ0n) is 24.5. The molecule has 0 N–H and O–H groups in total. The van der Waals surface area contributed by atoms with Gasteiger partial charge in [0, 0.05) is 43.4 Å². The Bertz CT molecular complexity index is 2980. The third kappa shape index (κ3) is 3.17. The molecular weight excluding hydrogens is 566 g/mol. The molecule has 0 atom stereocenters. The predicted octanol–water partition coefficient (Wildman–Crippen LogP) is 12.1. The molecule has 4 heterocycles. The fraction of sp³-hybridized carbons (Fsp3) is 0. The van der Waals surface area contributed by atoms with E-state index in [9.17, 15) is 0 Å². The quantitative estimate of drug-likeness (QED) is 0.201. The average Bonchev–Trinajstić information content (AvgIpc) is 3.86. The molecule has 0 saturated heterocycles. The first kappa shape index (κ1) is 24.1. The van der Waals surface area contributed by atoms with Crippen molar-refractivity contribution in [2.24, 2.45) is 0 Å². The maximum absolute atomic E-state index is 6.64. The minimum absolute atomic E-state index is 0.817. The van der Waals surface area contributed by atoms with Gasteiger partial charge in [-0.3, -0.25) is 0 Å². The van der Waals surface area contributed by atoms with Crippen LogP contribution in [0.5, 0.6) is 0 Å². The lowest BCUT2D eigenvalue weighted by molar-refractivity contribution is 0.662. The molecule has 7 aromatic carbocycles. The Morgan fingerprint density at radius 1 is 0.348 bits per heavy atom. The Morgan fingerprint density at radius 2 is 0.891 bits per heavy atom. The maximum Gasteiger partial charge on any atom is 0.147 e. The molecule has 0 spiro atoms. The summed E-state index contributed by atoms with van der Waals surface area (Å²) in [6.07, 6.45) is 0. The summed E-state index contributed by atoms with van der Waals surface area (Å²) in [5.41, 5.74) is 10.9. The summed E-state index contributed by atoms with van der Waals surface area (Å²) >= 11 is 0. The zero-order chi connectivity index (χ0) is 29.9. The third-order valence-electron chi connectivity index (χ3n) is 9.60. The van der Waals surface area contributed by atoms with Crippen LogP contribution in [0.4, 0.5) is 0 Å². The van der Waals surface area contributed by atoms with E-state index in [1.165, 1.54) is 21.8 Å². The van der Waals surface area contributed by atoms with Crippen LogP contribution in [0.25, 0.3) is 104 Å². The Balaban J connectivity index is 1.13. The first-order valence-electron chi connectivity index (χ1n) is 15.5. The Labute approximate surface area is 261 Å². The molecule has 4 heteroatoms. The highest BCUT2D eigenvalue weighted by Crippen LogP contribution is 2.42. The van der Waals surface area contributed by atoms with E-state index in [-0.39, 0.29) is 0 Å². The molecule has 0 bridgehead atoms. The van der Waals surface area contributed by atoms with Crippen LogP contribution in [0, 0.1) is 0 Å². The van der Waals surface area contributed by atoms with Gasteiger partial charge in [0.1, 0.15) is 33.5 Å². The van der Waals surface area contributed by atoms with E-state index in [1.807, 2.05) is 12.1 Å². The van der Waals surface area contributed by atoms with Gasteiger partial charge < -0.3 is 17.8 Å². The number of hydrogen-bond acceptors (Lipinski definition) is 3. The van der Waals surface area contributed by atoms with Gasteiger partial charge in [0.25, 0.3) is 0 Å². The Morgan fingerprint density at radius 3 is 1.67 bits per heavy atom. The highest BCUT2D eigenvalue weighted by molar-refractivity contribution is 6.22. The molecule has 4 nitrogen and oxygen atoms in total. The van der Waals surface area contributed by atoms with Gasteiger partial charge in [0.05, 0.1) is 16.4 Å². The van der Waals surface area contributed by atoms with E-state index >= 15 is 0 Å². The van der Waals surface area contributed by atoms with Crippen LogP contribution >= 0.6 is 0 Å². The van der Waals surface area contributed by atoms with E-state index in [0.717, 1.165) is 82.6 Å². The van der Waals surface area contributed by atoms with Crippen molar-refractivity contribution in [2.75, 3.05) is 0 Å². The lowest BCUT2D eigenvalue weighted by atomic mass is 10.00. The Kier molecular flexibility index (Phi) is 4.55. The lowest BCUT2D eigenvalue weighted by Crippen LogP contribution is -1.93. The Hall–Kier alpha value is -6.26. The highest BCUT2D eigenvalue weighted by atomic mass is 16.3. The number of nitrogens with zero attached hydrogens (tertiary/aromatic N) is 1. The summed E-state index contributed by atoms with van der Waals surface area (Å²) in [5.74, 6) is 0. The predicted molar refractivity (Wildman–Crippen MR) is 188 cm³/mol. The van der Waals surface area contributed by atoms with E-state index in [2.05, 4.69) is 132 Å². The summed E-state index contributed by atoms with van der Waals surface area (Å²) in [7, 11) is 0. The van der Waals surface area contributed by atoms with Crippen molar-refractivity contribution in [2.45, 2.75) is 0 Å². The minimum Gasteiger partial charge on any atom is -0.456 e. The first-order valence-corrected chi connectivity index (χ1v) is 15.5. The second-order valence-electron chi connectivity index (χ2n) is 12.1. The van der Waals surface area contributed by atoms with Crippen molar-refractivity contribution in [3.63, 3.8) is 0 Å². The average molecular weight is 590 g/mol. The molecule has 0 aliphatic rings. The second-order valence-corrected chi connectivity index (χ2v) is 12.1. The molecule has 0 radical (unpaired) electrons. The van der Waals surface area contributed by atoms with Gasteiger partial charge in [-0.1, -0.05) is 66.7 Å². The maximum atomic E-state index is 6.64. The summed E-state index contributed by atoms with van der Waals surface area (Å²) in [6, 6.07) is 48.9. The number of hydrogen-bond donors (Lipinski definition) is 0. The molecule has 214 valence electrons. The van der Waals surface area contributed by atoms with Crippen molar-refractivity contribution in [1.29, 1.82) is 0 Å². The minimum atomic E-state index is 0.817. The van der Waals surface area contributed by atoms with E-state index in [1.54, 1.807) is 0 Å². The van der Waals surface area contributed by atoms with Gasteiger partial charge in [-0.25, -0.2) is 0 Å². The fourth-order valence-corrected chi connectivity index (χ4v) is 7.51. The van der Waals surface area contributed by atoms with Crippen molar-refractivity contribution in [3.8, 4) is 16.8 Å². The number of para-hydroxylation sites is 3. The number of rotatable bonds is 2. The summed E-state index contributed by atoms with van der Waals surface area (Å²) in [6.45, 7) is 0. The summed E-state index contributed by atoms with van der Waals surface area (Å²) < 4.78 is 21.4. The highest BCUT2D eigenvalue weighted by Gasteiger charge is 2.19. The number of benzene rings is 7. The number of fused-ring (bicyclic) bond motifs is 13. The van der Waals surface area contributed by atoms with Gasteiger partial charge in [-0.05, 0) is 83.9 Å². The van der Waals surface area contributed by atoms with Gasteiger partial charge in [0.2, 0.25) is 0 Å². The van der Waals surface area contributed by atoms with Crippen LogP contribution in [-0.2, 0) is 0 Å². The smallest absolute Gasteiger partial charge is 0.147 e. The van der Waals surface area contributed by atoms with E-state index < -0.39 is 0 Å². The molecule has 0 amide bonds. The van der Waals surface area contributed by atoms with Crippen molar-refractivity contribution in [3.05, 3.63) is 140 Å². The van der Waals surface area contributed by atoms with Crippen LogP contribution in [0.3, 0.4) is 0 Å². The molecule has 11 rings (SSSR count). The zero-order valence-corrected chi connectivity index (χ0v) is 24.5. The molecule has 0 saturated carbocycles. The molecule has 0 aliphatic heterocycles. The number of aromatic nitrogens is 1. The first-order chi connectivity index (χ1) is 22.8. The van der Waals surface area contributed by atoms with E-state index in [4.69, 9.17) is 13.3 Å². The van der Waals surface area contributed by atoms with E-state index in [0.29, 0.717) is 0 Å². The normalized spacial score (nSPS) is 12.3. The topological polar surface area (TPSA) is 44.4 Å². The molecule has 0 fully saturated rings.